The van der Waals surface area contributed by atoms with Crippen molar-refractivity contribution in [2.75, 3.05) is 29.8 Å². The first kappa shape index (κ1) is 23.8. The Morgan fingerprint density at radius 3 is 2.68 bits per heavy atom. The van der Waals surface area contributed by atoms with Crippen LogP contribution in [0.3, 0.4) is 0 Å². The summed E-state index contributed by atoms with van der Waals surface area (Å²) in [5.41, 5.74) is 3.73. The maximum Gasteiger partial charge on any atom is 0.407 e. The first-order valence-electron chi connectivity index (χ1n) is 10.5. The molecule has 0 unspecified atom stereocenters. The van der Waals surface area contributed by atoms with Gasteiger partial charge in [-0.2, -0.15) is 8.42 Å². The van der Waals surface area contributed by atoms with E-state index in [1.165, 1.54) is 32.8 Å². The third-order valence-electron chi connectivity index (χ3n) is 5.62. The molecule has 1 amide bonds. The number of sulfonamides is 1. The van der Waals surface area contributed by atoms with Gasteiger partial charge in [0.1, 0.15) is 5.75 Å². The van der Waals surface area contributed by atoms with Gasteiger partial charge in [-0.25, -0.2) is 19.1 Å². The van der Waals surface area contributed by atoms with E-state index in [-0.39, 0.29) is 17.6 Å². The number of carbonyl (C=O) groups is 1. The molecule has 2 N–H and O–H groups in total. The number of nitrogens with zero attached hydrogens (tertiary/aromatic N) is 4. The quantitative estimate of drug-likeness (QED) is 0.479. The van der Waals surface area contributed by atoms with Gasteiger partial charge in [-0.15, -0.1) is 11.3 Å². The zero-order chi connectivity index (χ0) is 24.3. The molecule has 1 aliphatic rings. The molecule has 4 rings (SSSR count). The van der Waals surface area contributed by atoms with Crippen LogP contribution in [-0.4, -0.2) is 60.7 Å². The van der Waals surface area contributed by atoms with Gasteiger partial charge in [0.2, 0.25) is 0 Å². The molecule has 0 bridgehead atoms. The van der Waals surface area contributed by atoms with Gasteiger partial charge < -0.3 is 20.1 Å². The number of likely N-dealkylation sites (tertiary alicyclic amines) is 1. The van der Waals surface area contributed by atoms with Crippen LogP contribution < -0.4 is 14.4 Å². The predicted molar refractivity (Wildman–Crippen MR) is 129 cm³/mol. The molecule has 0 spiro atoms. The van der Waals surface area contributed by atoms with E-state index >= 15 is 0 Å². The van der Waals surface area contributed by atoms with E-state index in [1.807, 2.05) is 0 Å². The fraction of sp³-hybridized carbons (Fsp3) is 0.318. The van der Waals surface area contributed by atoms with Crippen LogP contribution in [0.4, 0.5) is 16.3 Å². The first-order chi connectivity index (χ1) is 16.3. The molecule has 180 valence electrons. The Hall–Kier alpha value is -3.38. The second kappa shape index (κ2) is 9.85. The van der Waals surface area contributed by atoms with Gasteiger partial charge in [-0.05, 0) is 42.7 Å². The third-order valence-corrected chi connectivity index (χ3v) is 7.84. The van der Waals surface area contributed by atoms with Gasteiger partial charge in [0.25, 0.3) is 10.0 Å². The topological polar surface area (TPSA) is 125 Å². The molecular formula is C22H25N5O5S2. The molecule has 2 aromatic heterocycles. The minimum absolute atomic E-state index is 0.0550. The van der Waals surface area contributed by atoms with E-state index < -0.39 is 16.1 Å². The number of anilines is 2. The molecule has 1 atom stereocenters. The highest BCUT2D eigenvalue weighted by atomic mass is 32.2. The Morgan fingerprint density at radius 2 is 2.09 bits per heavy atom. The second-order valence-electron chi connectivity index (χ2n) is 7.90. The number of nitrogens with one attached hydrogen (secondary N) is 1. The van der Waals surface area contributed by atoms with Crippen LogP contribution in [-0.2, 0) is 16.6 Å². The highest BCUT2D eigenvalue weighted by Gasteiger charge is 2.30. The van der Waals surface area contributed by atoms with E-state index in [2.05, 4.69) is 15.3 Å². The van der Waals surface area contributed by atoms with Crippen molar-refractivity contribution in [3.05, 3.63) is 58.5 Å². The Bertz CT molecular complexity index is 1250. The van der Waals surface area contributed by atoms with Crippen LogP contribution in [0, 0.1) is 6.92 Å². The van der Waals surface area contributed by atoms with Gasteiger partial charge in [0.05, 0.1) is 31.0 Å². The number of hydrogen-bond acceptors (Lipinski definition) is 8. The molecule has 1 aliphatic heterocycles. The fourth-order valence-electron chi connectivity index (χ4n) is 3.72. The number of aromatic nitrogens is 2. The molecule has 0 saturated carbocycles. The van der Waals surface area contributed by atoms with E-state index in [9.17, 15) is 13.2 Å². The lowest BCUT2D eigenvalue weighted by molar-refractivity contribution is 0.155. The smallest absolute Gasteiger partial charge is 0.407 e. The standard InChI is InChI=1S/C22H25N5O5S2/c1-15-9-21(23-10-19(15)25-17-7-8-26(12-17)22(28)29)34(30,31)27(20-13-33-14-24-20)11-16-3-5-18(32-2)6-4-16/h3-6,9-10,13-14,17,25H,7-8,11-12H2,1-2H3,(H,28,29)/t17-/m0/s1. The molecule has 1 aromatic carbocycles. The number of ether oxygens (including phenoxy) is 1. The molecule has 3 aromatic rings. The average molecular weight is 504 g/mol. The maximum atomic E-state index is 13.6. The number of benzene rings is 1. The molecule has 1 fully saturated rings. The second-order valence-corrected chi connectivity index (χ2v) is 10.4. The molecule has 1 saturated heterocycles. The van der Waals surface area contributed by atoms with Crippen LogP contribution in [0.1, 0.15) is 17.5 Å². The summed E-state index contributed by atoms with van der Waals surface area (Å²) in [6.07, 6.45) is 1.21. The molecule has 3 heterocycles. The first-order valence-corrected chi connectivity index (χ1v) is 12.9. The normalized spacial score (nSPS) is 15.8. The predicted octanol–water partition coefficient (Wildman–Crippen LogP) is 3.41. The fourth-order valence-corrected chi connectivity index (χ4v) is 5.73. The van der Waals surface area contributed by atoms with Crippen molar-refractivity contribution in [3.63, 3.8) is 0 Å². The summed E-state index contributed by atoms with van der Waals surface area (Å²) in [5, 5.41) is 14.0. The van der Waals surface area contributed by atoms with Gasteiger partial charge in [-0.3, -0.25) is 0 Å². The van der Waals surface area contributed by atoms with Gasteiger partial charge >= 0.3 is 6.09 Å². The summed E-state index contributed by atoms with van der Waals surface area (Å²) in [5.74, 6) is 1.00. The number of thiazole rings is 1. The van der Waals surface area contributed by atoms with Crippen molar-refractivity contribution in [2.24, 2.45) is 0 Å². The number of aryl methyl sites for hydroxylation is 1. The van der Waals surface area contributed by atoms with Crippen molar-refractivity contribution in [2.45, 2.75) is 31.0 Å². The van der Waals surface area contributed by atoms with Gasteiger partial charge in [0.15, 0.2) is 10.8 Å². The van der Waals surface area contributed by atoms with E-state index in [1.54, 1.807) is 49.2 Å². The lowest BCUT2D eigenvalue weighted by atomic mass is 10.2. The zero-order valence-corrected chi connectivity index (χ0v) is 20.3. The van der Waals surface area contributed by atoms with Gasteiger partial charge in [0, 0.05) is 24.5 Å². The Labute approximate surface area is 201 Å². The summed E-state index contributed by atoms with van der Waals surface area (Å²) in [4.78, 5) is 21.0. The Balaban J connectivity index is 1.57. The van der Waals surface area contributed by atoms with Crippen LogP contribution >= 0.6 is 11.3 Å². The minimum atomic E-state index is -4.00. The molecule has 12 heteroatoms. The summed E-state index contributed by atoms with van der Waals surface area (Å²) < 4.78 is 33.6. The van der Waals surface area contributed by atoms with Crippen molar-refractivity contribution in [3.8, 4) is 5.75 Å². The molecule has 10 nitrogen and oxygen atoms in total. The number of carboxylic acid groups (broad SMARTS) is 1. The Kier molecular flexibility index (Phi) is 6.89. The summed E-state index contributed by atoms with van der Waals surface area (Å²) >= 11 is 1.31. The van der Waals surface area contributed by atoms with Gasteiger partial charge in [-0.1, -0.05) is 12.1 Å². The maximum absolute atomic E-state index is 13.6. The number of methoxy groups -OCH3 is 1. The summed E-state index contributed by atoms with van der Waals surface area (Å²) in [6.45, 7) is 2.71. The zero-order valence-electron chi connectivity index (χ0n) is 18.7. The largest absolute Gasteiger partial charge is 0.497 e. The number of rotatable bonds is 8. The van der Waals surface area contributed by atoms with Crippen LogP contribution in [0.15, 0.2) is 52.4 Å². The minimum Gasteiger partial charge on any atom is -0.497 e. The summed E-state index contributed by atoms with van der Waals surface area (Å²) in [7, 11) is -2.43. The van der Waals surface area contributed by atoms with E-state index in [4.69, 9.17) is 9.84 Å². The highest BCUT2D eigenvalue weighted by molar-refractivity contribution is 7.92. The van der Waals surface area contributed by atoms with Crippen molar-refractivity contribution < 1.29 is 23.1 Å². The molecule has 34 heavy (non-hydrogen) atoms. The SMILES string of the molecule is COc1ccc(CN(c2cscn2)S(=O)(=O)c2cc(C)c(N[C@H]3CCN(C(=O)O)C3)cn2)cc1. The number of amides is 1. The van der Waals surface area contributed by atoms with Crippen molar-refractivity contribution >= 4 is 39.0 Å². The molecule has 0 aliphatic carbocycles. The number of hydrogen-bond donors (Lipinski definition) is 2. The number of pyridine rings is 1. The van der Waals surface area contributed by atoms with E-state index in [0.29, 0.717) is 42.3 Å². The molecule has 0 radical (unpaired) electrons. The lowest BCUT2D eigenvalue weighted by Gasteiger charge is -2.23. The highest BCUT2D eigenvalue weighted by Crippen LogP contribution is 2.28. The average Bonchev–Trinajstić information content (AvgIpc) is 3.51. The summed E-state index contributed by atoms with van der Waals surface area (Å²) in [6, 6.07) is 8.63. The lowest BCUT2D eigenvalue weighted by Crippen LogP contribution is -2.32. The van der Waals surface area contributed by atoms with Crippen LogP contribution in [0.2, 0.25) is 0 Å². The van der Waals surface area contributed by atoms with Crippen LogP contribution in [0.25, 0.3) is 0 Å². The van der Waals surface area contributed by atoms with Crippen LogP contribution in [0.5, 0.6) is 5.75 Å². The van der Waals surface area contributed by atoms with E-state index in [0.717, 1.165) is 5.56 Å². The molecular weight excluding hydrogens is 478 g/mol. The Morgan fingerprint density at radius 1 is 1.32 bits per heavy atom. The van der Waals surface area contributed by atoms with Crippen molar-refractivity contribution in [1.29, 1.82) is 0 Å². The third kappa shape index (κ3) is 5.07. The monoisotopic (exact) mass is 503 g/mol. The van der Waals surface area contributed by atoms with Crippen molar-refractivity contribution in [1.82, 2.24) is 14.9 Å².